The van der Waals surface area contributed by atoms with E-state index in [-0.39, 0.29) is 18.7 Å². The third-order valence-electron chi connectivity index (χ3n) is 4.05. The van der Waals surface area contributed by atoms with Gasteiger partial charge in [-0.2, -0.15) is 0 Å². The van der Waals surface area contributed by atoms with Gasteiger partial charge in [-0.05, 0) is 29.8 Å². The maximum Gasteiger partial charge on any atom is 0.231 e. The van der Waals surface area contributed by atoms with Crippen molar-refractivity contribution in [1.82, 2.24) is 5.32 Å². The van der Waals surface area contributed by atoms with E-state index in [0.29, 0.717) is 19.6 Å². The molecule has 2 N–H and O–H groups in total. The number of fused-ring (bicyclic) bond motifs is 2. The fourth-order valence-corrected chi connectivity index (χ4v) is 2.82. The van der Waals surface area contributed by atoms with Crippen LogP contribution in [0.3, 0.4) is 0 Å². The highest BCUT2D eigenvalue weighted by Gasteiger charge is 2.21. The van der Waals surface area contributed by atoms with E-state index in [9.17, 15) is 4.79 Å². The van der Waals surface area contributed by atoms with E-state index < -0.39 is 0 Å². The van der Waals surface area contributed by atoms with Gasteiger partial charge < -0.3 is 24.8 Å². The van der Waals surface area contributed by atoms with Crippen molar-refractivity contribution in [2.45, 2.75) is 19.0 Å². The minimum atomic E-state index is -0.0309. The number of anilines is 1. The molecule has 0 spiro atoms. The standard InChI is InChI=1S/C18H18N2O4/c21-18(8-13-10-22-15-4-2-1-3-14(15)20-13)19-9-12-5-6-16-17(7-12)24-11-23-16/h1-7,13,20H,8-11H2,(H,19,21)/t13-/m1/s1. The highest BCUT2D eigenvalue weighted by molar-refractivity contribution is 5.77. The second kappa shape index (κ2) is 6.31. The third-order valence-corrected chi connectivity index (χ3v) is 4.05. The van der Waals surface area contributed by atoms with E-state index >= 15 is 0 Å². The largest absolute Gasteiger partial charge is 0.489 e. The number of benzene rings is 2. The monoisotopic (exact) mass is 326 g/mol. The molecule has 0 unspecified atom stereocenters. The summed E-state index contributed by atoms with van der Waals surface area (Å²) in [5, 5.41) is 6.27. The van der Waals surface area contributed by atoms with Crippen LogP contribution in [0.1, 0.15) is 12.0 Å². The molecule has 2 aromatic rings. The van der Waals surface area contributed by atoms with E-state index in [0.717, 1.165) is 28.5 Å². The van der Waals surface area contributed by atoms with Crippen LogP contribution in [0.2, 0.25) is 0 Å². The first-order valence-electron chi connectivity index (χ1n) is 7.91. The fraction of sp³-hybridized carbons (Fsp3) is 0.278. The van der Waals surface area contributed by atoms with Crippen molar-refractivity contribution in [3.8, 4) is 17.2 Å². The first-order valence-corrected chi connectivity index (χ1v) is 7.91. The molecule has 2 aromatic carbocycles. The molecule has 6 heteroatoms. The van der Waals surface area contributed by atoms with Crippen molar-refractivity contribution in [2.24, 2.45) is 0 Å². The topological polar surface area (TPSA) is 68.8 Å². The van der Waals surface area contributed by atoms with Crippen LogP contribution in [0.5, 0.6) is 17.2 Å². The summed E-state index contributed by atoms with van der Waals surface area (Å²) in [6.45, 7) is 1.19. The van der Waals surface area contributed by atoms with E-state index in [1.54, 1.807) is 0 Å². The van der Waals surface area contributed by atoms with Gasteiger partial charge >= 0.3 is 0 Å². The normalized spacial score (nSPS) is 17.4. The third kappa shape index (κ3) is 3.08. The molecule has 2 aliphatic rings. The maximum atomic E-state index is 12.2. The molecule has 124 valence electrons. The SMILES string of the molecule is O=C(C[C@@H]1COc2ccccc2N1)NCc1ccc2c(c1)OCO2. The Morgan fingerprint density at radius 3 is 2.92 bits per heavy atom. The van der Waals surface area contributed by atoms with Gasteiger partial charge in [-0.1, -0.05) is 18.2 Å². The van der Waals surface area contributed by atoms with Crippen molar-refractivity contribution in [3.63, 3.8) is 0 Å². The lowest BCUT2D eigenvalue weighted by Crippen LogP contribution is -2.37. The summed E-state index contributed by atoms with van der Waals surface area (Å²) in [6.07, 6.45) is 0.360. The van der Waals surface area contributed by atoms with E-state index in [1.165, 1.54) is 0 Å². The lowest BCUT2D eigenvalue weighted by atomic mass is 10.1. The molecule has 0 aromatic heterocycles. The van der Waals surface area contributed by atoms with Crippen molar-refractivity contribution in [2.75, 3.05) is 18.7 Å². The van der Waals surface area contributed by atoms with Crippen LogP contribution >= 0.6 is 0 Å². The fourth-order valence-electron chi connectivity index (χ4n) is 2.82. The summed E-state index contributed by atoms with van der Waals surface area (Å²) in [7, 11) is 0. The van der Waals surface area contributed by atoms with Crippen LogP contribution in [-0.2, 0) is 11.3 Å². The number of carbonyl (C=O) groups is 1. The van der Waals surface area contributed by atoms with Crippen molar-refractivity contribution in [1.29, 1.82) is 0 Å². The Bertz CT molecular complexity index is 762. The Morgan fingerprint density at radius 1 is 1.08 bits per heavy atom. The Labute approximate surface area is 139 Å². The Balaban J connectivity index is 1.30. The zero-order valence-corrected chi connectivity index (χ0v) is 13.1. The zero-order chi connectivity index (χ0) is 16.4. The van der Waals surface area contributed by atoms with Crippen molar-refractivity contribution in [3.05, 3.63) is 48.0 Å². The number of hydrogen-bond acceptors (Lipinski definition) is 5. The number of carbonyl (C=O) groups excluding carboxylic acids is 1. The first-order chi connectivity index (χ1) is 11.8. The number of nitrogens with one attached hydrogen (secondary N) is 2. The van der Waals surface area contributed by atoms with Gasteiger partial charge in [-0.25, -0.2) is 0 Å². The lowest BCUT2D eigenvalue weighted by Gasteiger charge is -2.27. The maximum absolute atomic E-state index is 12.2. The minimum absolute atomic E-state index is 0.0202. The molecule has 0 aliphatic carbocycles. The highest BCUT2D eigenvalue weighted by atomic mass is 16.7. The average Bonchev–Trinajstić information content (AvgIpc) is 3.07. The molecule has 0 radical (unpaired) electrons. The van der Waals surface area contributed by atoms with Gasteiger partial charge in [0.05, 0.1) is 18.2 Å². The molecule has 2 heterocycles. The molecule has 0 saturated carbocycles. The first kappa shape index (κ1) is 14.7. The molecular formula is C18H18N2O4. The smallest absolute Gasteiger partial charge is 0.231 e. The zero-order valence-electron chi connectivity index (χ0n) is 13.1. The van der Waals surface area contributed by atoms with E-state index in [4.69, 9.17) is 14.2 Å². The van der Waals surface area contributed by atoms with Crippen molar-refractivity contribution >= 4 is 11.6 Å². The summed E-state index contributed by atoms with van der Waals surface area (Å²) in [6, 6.07) is 13.4. The number of amides is 1. The summed E-state index contributed by atoms with van der Waals surface area (Å²) < 4.78 is 16.3. The van der Waals surface area contributed by atoms with Gasteiger partial charge in [-0.15, -0.1) is 0 Å². The molecule has 6 nitrogen and oxygen atoms in total. The Morgan fingerprint density at radius 2 is 1.96 bits per heavy atom. The lowest BCUT2D eigenvalue weighted by molar-refractivity contribution is -0.121. The summed E-state index contributed by atoms with van der Waals surface area (Å²) >= 11 is 0. The Kier molecular flexibility index (Phi) is 3.86. The quantitative estimate of drug-likeness (QED) is 0.902. The predicted octanol–water partition coefficient (Wildman–Crippen LogP) is 2.29. The Hall–Kier alpha value is -2.89. The van der Waals surface area contributed by atoms with Crippen LogP contribution in [0.25, 0.3) is 0 Å². The van der Waals surface area contributed by atoms with E-state index in [1.807, 2.05) is 42.5 Å². The molecular weight excluding hydrogens is 308 g/mol. The van der Waals surface area contributed by atoms with Crippen molar-refractivity contribution < 1.29 is 19.0 Å². The van der Waals surface area contributed by atoms with Gasteiger partial charge in [0.2, 0.25) is 12.7 Å². The van der Waals surface area contributed by atoms with Crippen LogP contribution in [0, 0.1) is 0 Å². The molecule has 24 heavy (non-hydrogen) atoms. The number of hydrogen-bond donors (Lipinski definition) is 2. The minimum Gasteiger partial charge on any atom is -0.489 e. The number of rotatable bonds is 4. The molecule has 0 fully saturated rings. The summed E-state index contributed by atoms with van der Waals surface area (Å²) in [4.78, 5) is 12.2. The van der Waals surface area contributed by atoms with Crippen LogP contribution < -0.4 is 24.8 Å². The van der Waals surface area contributed by atoms with Gasteiger partial charge in [0.1, 0.15) is 12.4 Å². The molecule has 1 atom stereocenters. The molecule has 4 rings (SSSR count). The van der Waals surface area contributed by atoms with Gasteiger partial charge in [0.25, 0.3) is 0 Å². The summed E-state index contributed by atoms with van der Waals surface area (Å²) in [5.41, 5.74) is 1.91. The van der Waals surface area contributed by atoms with Gasteiger partial charge in [-0.3, -0.25) is 4.79 Å². The second-order valence-electron chi connectivity index (χ2n) is 5.82. The molecule has 2 aliphatic heterocycles. The van der Waals surface area contributed by atoms with Crippen LogP contribution in [-0.4, -0.2) is 25.3 Å². The average molecular weight is 326 g/mol. The molecule has 1 amide bonds. The van der Waals surface area contributed by atoms with Crippen LogP contribution in [0.15, 0.2) is 42.5 Å². The van der Waals surface area contributed by atoms with Gasteiger partial charge in [0.15, 0.2) is 11.5 Å². The highest BCUT2D eigenvalue weighted by Crippen LogP contribution is 2.32. The van der Waals surface area contributed by atoms with Gasteiger partial charge in [0, 0.05) is 6.54 Å². The molecule has 0 bridgehead atoms. The summed E-state index contributed by atoms with van der Waals surface area (Å²) in [5.74, 6) is 2.27. The van der Waals surface area contributed by atoms with Crippen LogP contribution in [0.4, 0.5) is 5.69 Å². The second-order valence-corrected chi connectivity index (χ2v) is 5.82. The van der Waals surface area contributed by atoms with E-state index in [2.05, 4.69) is 10.6 Å². The predicted molar refractivity (Wildman–Crippen MR) is 88.4 cm³/mol. The number of ether oxygens (including phenoxy) is 3. The number of para-hydroxylation sites is 2. The molecule has 0 saturated heterocycles.